The van der Waals surface area contributed by atoms with Crippen LogP contribution in [0.25, 0.3) is 0 Å². The fraction of sp³-hybridized carbons (Fsp3) is 0.818. The Labute approximate surface area is 84.0 Å². The molecule has 2 aliphatic rings. The van der Waals surface area contributed by atoms with Crippen molar-refractivity contribution in [3.8, 4) is 6.07 Å². The van der Waals surface area contributed by atoms with Gasteiger partial charge in [-0.3, -0.25) is 4.79 Å². The van der Waals surface area contributed by atoms with E-state index in [1.807, 2.05) is 6.92 Å². The number of nitrogens with zero attached hydrogens (tertiary/aromatic N) is 1. The SMILES string of the molecule is C[C@@]12CC(=O)O[C@@]1(C)CC[C@H]2CC#N. The molecule has 0 unspecified atom stereocenters. The van der Waals surface area contributed by atoms with Gasteiger partial charge in [0.05, 0.1) is 12.5 Å². The Kier molecular flexibility index (Phi) is 1.85. The molecule has 14 heavy (non-hydrogen) atoms. The van der Waals surface area contributed by atoms with Crippen LogP contribution in [-0.4, -0.2) is 11.6 Å². The summed E-state index contributed by atoms with van der Waals surface area (Å²) >= 11 is 0. The van der Waals surface area contributed by atoms with Gasteiger partial charge in [0, 0.05) is 11.8 Å². The van der Waals surface area contributed by atoms with Crippen molar-refractivity contribution in [2.75, 3.05) is 0 Å². The summed E-state index contributed by atoms with van der Waals surface area (Å²) in [4.78, 5) is 11.3. The Morgan fingerprint density at radius 3 is 3.00 bits per heavy atom. The molecule has 2 fully saturated rings. The van der Waals surface area contributed by atoms with Gasteiger partial charge in [0.1, 0.15) is 5.60 Å². The Hall–Kier alpha value is -1.04. The number of carbonyl (C=O) groups is 1. The predicted molar refractivity (Wildman–Crippen MR) is 50.2 cm³/mol. The largest absolute Gasteiger partial charge is 0.459 e. The van der Waals surface area contributed by atoms with Crippen molar-refractivity contribution >= 4 is 5.97 Å². The van der Waals surface area contributed by atoms with Gasteiger partial charge in [-0.2, -0.15) is 5.26 Å². The molecule has 0 spiro atoms. The summed E-state index contributed by atoms with van der Waals surface area (Å²) in [5.74, 6) is 0.224. The van der Waals surface area contributed by atoms with Crippen LogP contribution in [0.5, 0.6) is 0 Å². The first-order valence-corrected chi connectivity index (χ1v) is 5.11. The number of hydrogen-bond acceptors (Lipinski definition) is 3. The van der Waals surface area contributed by atoms with Gasteiger partial charge in [-0.1, -0.05) is 6.92 Å². The Morgan fingerprint density at radius 1 is 1.64 bits per heavy atom. The molecule has 0 aromatic heterocycles. The van der Waals surface area contributed by atoms with Gasteiger partial charge in [-0.15, -0.1) is 0 Å². The van der Waals surface area contributed by atoms with Crippen LogP contribution in [-0.2, 0) is 9.53 Å². The maximum absolute atomic E-state index is 11.3. The molecule has 1 aliphatic carbocycles. The summed E-state index contributed by atoms with van der Waals surface area (Å²) in [6.07, 6.45) is 2.94. The first-order chi connectivity index (χ1) is 6.52. The highest BCUT2D eigenvalue weighted by atomic mass is 16.6. The third kappa shape index (κ3) is 1.00. The van der Waals surface area contributed by atoms with Gasteiger partial charge in [-0.25, -0.2) is 0 Å². The van der Waals surface area contributed by atoms with E-state index in [4.69, 9.17) is 10.00 Å². The van der Waals surface area contributed by atoms with Crippen molar-refractivity contribution in [2.45, 2.75) is 45.1 Å². The molecule has 0 bridgehead atoms. The molecule has 1 saturated heterocycles. The van der Waals surface area contributed by atoms with E-state index in [9.17, 15) is 4.79 Å². The zero-order chi connectivity index (χ0) is 10.4. The van der Waals surface area contributed by atoms with E-state index in [1.165, 1.54) is 0 Å². The molecule has 0 aromatic carbocycles. The van der Waals surface area contributed by atoms with E-state index in [1.54, 1.807) is 0 Å². The fourth-order valence-electron chi connectivity index (χ4n) is 3.01. The van der Waals surface area contributed by atoms with Gasteiger partial charge in [0.15, 0.2) is 0 Å². The number of esters is 1. The van der Waals surface area contributed by atoms with Gasteiger partial charge >= 0.3 is 5.97 Å². The molecule has 0 radical (unpaired) electrons. The van der Waals surface area contributed by atoms with Crippen LogP contribution in [0.15, 0.2) is 0 Å². The highest BCUT2D eigenvalue weighted by Crippen LogP contribution is 2.59. The Balaban J connectivity index is 2.30. The topological polar surface area (TPSA) is 50.1 Å². The van der Waals surface area contributed by atoms with E-state index in [0.29, 0.717) is 18.8 Å². The second-order valence-corrected chi connectivity index (χ2v) is 4.90. The Morgan fingerprint density at radius 2 is 2.36 bits per heavy atom. The molecule has 2 rings (SSSR count). The maximum atomic E-state index is 11.3. The van der Waals surface area contributed by atoms with Crippen LogP contribution in [0.2, 0.25) is 0 Å². The quantitative estimate of drug-likeness (QED) is 0.598. The minimum atomic E-state index is -0.314. The lowest BCUT2D eigenvalue weighted by atomic mass is 9.70. The van der Waals surface area contributed by atoms with Crippen molar-refractivity contribution in [3.05, 3.63) is 0 Å². The maximum Gasteiger partial charge on any atom is 0.307 e. The van der Waals surface area contributed by atoms with E-state index in [0.717, 1.165) is 12.8 Å². The summed E-state index contributed by atoms with van der Waals surface area (Å²) in [5, 5.41) is 8.74. The second kappa shape index (κ2) is 2.73. The van der Waals surface area contributed by atoms with Gasteiger partial charge in [-0.05, 0) is 25.7 Å². The molecule has 0 aromatic rings. The number of fused-ring (bicyclic) bond motifs is 1. The molecule has 3 atom stereocenters. The number of rotatable bonds is 1. The van der Waals surface area contributed by atoms with Crippen LogP contribution in [0.3, 0.4) is 0 Å². The van der Waals surface area contributed by atoms with Gasteiger partial charge in [0.2, 0.25) is 0 Å². The monoisotopic (exact) mass is 193 g/mol. The smallest absolute Gasteiger partial charge is 0.307 e. The molecule has 0 N–H and O–H groups in total. The van der Waals surface area contributed by atoms with E-state index >= 15 is 0 Å². The first kappa shape index (κ1) is 9.51. The summed E-state index contributed by atoms with van der Waals surface area (Å²) < 4.78 is 5.40. The molecular formula is C11H15NO2. The van der Waals surface area contributed by atoms with E-state index < -0.39 is 0 Å². The number of carbonyl (C=O) groups excluding carboxylic acids is 1. The summed E-state index contributed by atoms with van der Waals surface area (Å²) in [6, 6.07) is 2.21. The van der Waals surface area contributed by atoms with Crippen molar-refractivity contribution in [1.29, 1.82) is 5.26 Å². The lowest BCUT2D eigenvalue weighted by molar-refractivity contribution is -0.148. The first-order valence-electron chi connectivity index (χ1n) is 5.11. The van der Waals surface area contributed by atoms with Gasteiger partial charge in [0.25, 0.3) is 0 Å². The van der Waals surface area contributed by atoms with Crippen molar-refractivity contribution < 1.29 is 9.53 Å². The van der Waals surface area contributed by atoms with Crippen LogP contribution >= 0.6 is 0 Å². The lowest BCUT2D eigenvalue weighted by Crippen LogP contribution is -2.38. The second-order valence-electron chi connectivity index (χ2n) is 4.90. The molecule has 1 heterocycles. The van der Waals surface area contributed by atoms with Crippen LogP contribution < -0.4 is 0 Å². The molecule has 3 heteroatoms. The molecule has 1 saturated carbocycles. The molecular weight excluding hydrogens is 178 g/mol. The Bertz CT molecular complexity index is 320. The summed E-state index contributed by atoms with van der Waals surface area (Å²) in [5.41, 5.74) is -0.425. The average Bonchev–Trinajstić information content (AvgIpc) is 2.43. The molecule has 0 amide bonds. The van der Waals surface area contributed by atoms with Crippen LogP contribution in [0, 0.1) is 22.7 Å². The third-order valence-electron chi connectivity index (χ3n) is 4.27. The highest BCUT2D eigenvalue weighted by Gasteiger charge is 2.61. The predicted octanol–water partition coefficient (Wildman–Crippen LogP) is 2.02. The van der Waals surface area contributed by atoms with Crippen molar-refractivity contribution in [2.24, 2.45) is 11.3 Å². The number of nitriles is 1. The molecule has 3 nitrogen and oxygen atoms in total. The zero-order valence-electron chi connectivity index (χ0n) is 8.67. The summed E-state index contributed by atoms with van der Waals surface area (Å²) in [6.45, 7) is 4.10. The van der Waals surface area contributed by atoms with Crippen LogP contribution in [0.4, 0.5) is 0 Å². The lowest BCUT2D eigenvalue weighted by Gasteiger charge is -2.34. The summed E-state index contributed by atoms with van der Waals surface area (Å²) in [7, 11) is 0. The minimum Gasteiger partial charge on any atom is -0.459 e. The highest BCUT2D eigenvalue weighted by molar-refractivity contribution is 5.74. The third-order valence-corrected chi connectivity index (χ3v) is 4.27. The molecule has 76 valence electrons. The fourth-order valence-corrected chi connectivity index (χ4v) is 3.01. The molecule has 1 aliphatic heterocycles. The minimum absolute atomic E-state index is 0.0994. The normalized spacial score (nSPS) is 45.8. The van der Waals surface area contributed by atoms with E-state index in [2.05, 4.69) is 13.0 Å². The van der Waals surface area contributed by atoms with Crippen LogP contribution in [0.1, 0.15) is 39.5 Å². The van der Waals surface area contributed by atoms with Crippen molar-refractivity contribution in [3.63, 3.8) is 0 Å². The van der Waals surface area contributed by atoms with E-state index in [-0.39, 0.29) is 17.0 Å². The average molecular weight is 193 g/mol. The van der Waals surface area contributed by atoms with Gasteiger partial charge < -0.3 is 4.74 Å². The zero-order valence-corrected chi connectivity index (χ0v) is 8.67. The van der Waals surface area contributed by atoms with Crippen molar-refractivity contribution in [1.82, 2.24) is 0 Å². The number of ether oxygens (including phenoxy) is 1. The number of hydrogen-bond donors (Lipinski definition) is 0. The standard InChI is InChI=1S/C11H15NO2/c1-10-7-9(13)14-11(10,2)5-3-8(10)4-6-12/h8H,3-5,7H2,1-2H3/t8-,10-,11-/m0/s1.